The van der Waals surface area contributed by atoms with Crippen LogP contribution in [0.4, 0.5) is 0 Å². The molecule has 2 rings (SSSR count). The maximum absolute atomic E-state index is 10.8. The second-order valence-electron chi connectivity index (χ2n) is 8.33. The van der Waals surface area contributed by atoms with E-state index in [2.05, 4.69) is 40.4 Å². The summed E-state index contributed by atoms with van der Waals surface area (Å²) in [7, 11) is 0. The molecule has 3 N–H and O–H groups in total. The molecule has 0 saturated carbocycles. The van der Waals surface area contributed by atoms with Gasteiger partial charge < -0.3 is 20.5 Å². The number of aliphatic imine (C=N–C) groups is 1. The quantitative estimate of drug-likeness (QED) is 0.270. The summed E-state index contributed by atoms with van der Waals surface area (Å²) in [5.74, 6) is 0.708. The molecule has 0 spiro atoms. The highest BCUT2D eigenvalue weighted by Crippen LogP contribution is 2.24. The van der Waals surface area contributed by atoms with Gasteiger partial charge in [0.2, 0.25) is 0 Å². The van der Waals surface area contributed by atoms with Crippen LogP contribution in [0, 0.1) is 0 Å². The zero-order valence-corrected chi connectivity index (χ0v) is 21.1. The van der Waals surface area contributed by atoms with Crippen LogP contribution in [0.5, 0.6) is 0 Å². The number of ether oxygens (including phenoxy) is 1. The van der Waals surface area contributed by atoms with Gasteiger partial charge in [0, 0.05) is 43.2 Å². The van der Waals surface area contributed by atoms with Crippen molar-refractivity contribution in [2.75, 3.05) is 52.5 Å². The van der Waals surface area contributed by atoms with Gasteiger partial charge in [-0.15, -0.1) is 24.0 Å². The second kappa shape index (κ2) is 12.3. The van der Waals surface area contributed by atoms with E-state index in [1.807, 2.05) is 32.0 Å². The summed E-state index contributed by atoms with van der Waals surface area (Å²) >= 11 is 6.15. The van der Waals surface area contributed by atoms with E-state index in [-0.39, 0.29) is 29.4 Å². The maximum atomic E-state index is 10.8. The van der Waals surface area contributed by atoms with Crippen molar-refractivity contribution in [1.82, 2.24) is 15.5 Å². The van der Waals surface area contributed by atoms with Gasteiger partial charge >= 0.3 is 0 Å². The van der Waals surface area contributed by atoms with Crippen LogP contribution in [0.25, 0.3) is 0 Å². The lowest BCUT2D eigenvalue weighted by molar-refractivity contribution is -0.0179. The maximum Gasteiger partial charge on any atom is 0.191 e. The van der Waals surface area contributed by atoms with Crippen molar-refractivity contribution in [3.05, 3.63) is 34.9 Å². The number of aliphatic hydroxyl groups is 1. The molecular formula is C21H36ClIN4O2. The lowest BCUT2D eigenvalue weighted by atomic mass is 9.84. The first kappa shape index (κ1) is 26.4. The van der Waals surface area contributed by atoms with Crippen molar-refractivity contribution in [2.24, 2.45) is 4.99 Å². The number of guanidine groups is 1. The van der Waals surface area contributed by atoms with Gasteiger partial charge in [0.15, 0.2) is 5.96 Å². The van der Waals surface area contributed by atoms with Crippen LogP contribution in [0.3, 0.4) is 0 Å². The van der Waals surface area contributed by atoms with E-state index < -0.39 is 5.60 Å². The highest BCUT2D eigenvalue weighted by atomic mass is 127. The van der Waals surface area contributed by atoms with Crippen molar-refractivity contribution < 1.29 is 9.84 Å². The fraction of sp³-hybridized carbons (Fsp3) is 0.667. The molecule has 1 saturated heterocycles. The summed E-state index contributed by atoms with van der Waals surface area (Å²) in [6.45, 7) is 13.7. The molecule has 6 nitrogen and oxygen atoms in total. The van der Waals surface area contributed by atoms with E-state index in [0.717, 1.165) is 37.9 Å². The first-order valence-electron chi connectivity index (χ1n) is 10.0. The molecule has 1 aromatic carbocycles. The molecule has 1 fully saturated rings. The molecule has 166 valence electrons. The van der Waals surface area contributed by atoms with Crippen LogP contribution in [-0.2, 0) is 10.2 Å². The topological polar surface area (TPSA) is 69.1 Å². The van der Waals surface area contributed by atoms with Crippen molar-refractivity contribution >= 4 is 41.5 Å². The Labute approximate surface area is 197 Å². The van der Waals surface area contributed by atoms with Crippen LogP contribution < -0.4 is 10.6 Å². The van der Waals surface area contributed by atoms with E-state index in [1.165, 1.54) is 5.56 Å². The Hall–Kier alpha value is -0.610. The first-order valence-corrected chi connectivity index (χ1v) is 10.4. The fourth-order valence-electron chi connectivity index (χ4n) is 3.20. The Bertz CT molecular complexity index is 649. The Morgan fingerprint density at radius 2 is 1.93 bits per heavy atom. The second-order valence-corrected chi connectivity index (χ2v) is 8.76. The summed E-state index contributed by atoms with van der Waals surface area (Å²) in [5, 5.41) is 18.2. The Morgan fingerprint density at radius 1 is 1.24 bits per heavy atom. The smallest absolute Gasteiger partial charge is 0.191 e. The zero-order valence-electron chi connectivity index (χ0n) is 18.0. The van der Waals surface area contributed by atoms with Crippen molar-refractivity contribution in [3.63, 3.8) is 0 Å². The third-order valence-electron chi connectivity index (χ3n) is 4.89. The van der Waals surface area contributed by atoms with Crippen molar-refractivity contribution in [3.8, 4) is 0 Å². The van der Waals surface area contributed by atoms with E-state index in [1.54, 1.807) is 0 Å². The third-order valence-corrected chi connectivity index (χ3v) is 5.13. The van der Waals surface area contributed by atoms with Gasteiger partial charge in [-0.25, -0.2) is 0 Å². The van der Waals surface area contributed by atoms with Gasteiger partial charge in [-0.2, -0.15) is 0 Å². The minimum atomic E-state index is -0.887. The van der Waals surface area contributed by atoms with E-state index in [0.29, 0.717) is 25.6 Å². The van der Waals surface area contributed by atoms with Crippen LogP contribution in [0.15, 0.2) is 29.3 Å². The number of hydrogen-bond acceptors (Lipinski definition) is 4. The molecule has 1 aliphatic rings. The van der Waals surface area contributed by atoms with Gasteiger partial charge in [0.05, 0.1) is 25.4 Å². The van der Waals surface area contributed by atoms with Crippen LogP contribution in [0.2, 0.25) is 5.02 Å². The molecule has 1 aliphatic heterocycles. The molecular weight excluding hydrogens is 503 g/mol. The molecule has 0 bridgehead atoms. The first-order chi connectivity index (χ1) is 13.2. The van der Waals surface area contributed by atoms with Crippen molar-refractivity contribution in [2.45, 2.75) is 38.7 Å². The molecule has 0 aromatic heterocycles. The van der Waals surface area contributed by atoms with Gasteiger partial charge in [0.25, 0.3) is 0 Å². The lowest BCUT2D eigenvalue weighted by Crippen LogP contribution is -2.48. The predicted molar refractivity (Wildman–Crippen MR) is 132 cm³/mol. The number of benzene rings is 1. The van der Waals surface area contributed by atoms with Crippen LogP contribution >= 0.6 is 35.6 Å². The number of rotatable bonds is 8. The van der Waals surface area contributed by atoms with E-state index in [9.17, 15) is 5.11 Å². The van der Waals surface area contributed by atoms with E-state index in [4.69, 9.17) is 16.3 Å². The number of hydrogen-bond donors (Lipinski definition) is 3. The fourth-order valence-corrected chi connectivity index (χ4v) is 3.39. The number of morpholine rings is 1. The van der Waals surface area contributed by atoms with Gasteiger partial charge in [0.1, 0.15) is 0 Å². The summed E-state index contributed by atoms with van der Waals surface area (Å²) < 4.78 is 5.37. The molecule has 1 aromatic rings. The van der Waals surface area contributed by atoms with Gasteiger partial charge in [-0.3, -0.25) is 9.89 Å². The van der Waals surface area contributed by atoms with E-state index >= 15 is 0 Å². The molecule has 0 amide bonds. The normalized spacial score (nSPS) is 17.9. The standard InChI is InChI=1S/C21H35ClN4O2.HI/c1-5-23-19(24-14-20(2,3)17-7-6-8-18(22)13-17)25-15-21(4,27)16-26-9-11-28-12-10-26;/h6-8,13,27H,5,9-12,14-16H2,1-4H3,(H2,23,24,25);1H. The molecule has 1 unspecified atom stereocenters. The number of nitrogens with one attached hydrogen (secondary N) is 2. The number of β-amino-alcohol motifs (C(OH)–C–C–N with tert-alkyl or cyclic N) is 1. The van der Waals surface area contributed by atoms with Crippen molar-refractivity contribution in [1.29, 1.82) is 0 Å². The van der Waals surface area contributed by atoms with Crippen LogP contribution in [-0.4, -0.2) is 74.0 Å². The minimum absolute atomic E-state index is 0. The minimum Gasteiger partial charge on any atom is -0.387 e. The Morgan fingerprint density at radius 3 is 2.55 bits per heavy atom. The number of halogens is 2. The molecule has 1 heterocycles. The SMILES string of the molecule is CCNC(=NCC(C)(O)CN1CCOCC1)NCC(C)(C)c1cccc(Cl)c1.I. The average molecular weight is 539 g/mol. The Kier molecular flexibility index (Phi) is 11.2. The Balaban J connectivity index is 0.00000420. The lowest BCUT2D eigenvalue weighted by Gasteiger charge is -2.33. The van der Waals surface area contributed by atoms with Gasteiger partial charge in [-0.1, -0.05) is 37.6 Å². The summed E-state index contributed by atoms with van der Waals surface area (Å²) in [4.78, 5) is 6.85. The summed E-state index contributed by atoms with van der Waals surface area (Å²) in [6, 6.07) is 7.95. The van der Waals surface area contributed by atoms with Crippen LogP contribution in [0.1, 0.15) is 33.3 Å². The summed E-state index contributed by atoms with van der Waals surface area (Å²) in [6.07, 6.45) is 0. The average Bonchev–Trinajstić information content (AvgIpc) is 2.64. The zero-order chi connectivity index (χ0) is 20.6. The molecule has 0 radical (unpaired) electrons. The highest BCUT2D eigenvalue weighted by Gasteiger charge is 2.26. The number of nitrogens with zero attached hydrogens (tertiary/aromatic N) is 2. The molecule has 0 aliphatic carbocycles. The largest absolute Gasteiger partial charge is 0.387 e. The molecule has 1 atom stereocenters. The predicted octanol–water partition coefficient (Wildman–Crippen LogP) is 2.87. The molecule has 29 heavy (non-hydrogen) atoms. The third kappa shape index (κ3) is 9.38. The van der Waals surface area contributed by atoms with Gasteiger partial charge in [-0.05, 0) is 31.5 Å². The monoisotopic (exact) mass is 538 g/mol. The highest BCUT2D eigenvalue weighted by molar-refractivity contribution is 14.0. The summed E-state index contributed by atoms with van der Waals surface area (Å²) in [5.41, 5.74) is 0.169. The molecule has 8 heteroatoms.